The van der Waals surface area contributed by atoms with E-state index in [1.807, 2.05) is 47.5 Å². The second-order valence-electron chi connectivity index (χ2n) is 5.90. The van der Waals surface area contributed by atoms with Gasteiger partial charge in [-0.3, -0.25) is 0 Å². The normalized spacial score (nSPS) is 18.0. The van der Waals surface area contributed by atoms with Crippen LogP contribution >= 0.6 is 11.6 Å². The van der Waals surface area contributed by atoms with Crippen LogP contribution in [0.5, 0.6) is 11.5 Å². The number of benzene rings is 2. The van der Waals surface area contributed by atoms with E-state index in [-0.39, 0.29) is 5.75 Å². The van der Waals surface area contributed by atoms with Crippen molar-refractivity contribution in [3.8, 4) is 11.5 Å². The maximum atomic E-state index is 11.9. The fourth-order valence-electron chi connectivity index (χ4n) is 2.78. The first-order valence-electron chi connectivity index (χ1n) is 8.02. The Kier molecular flexibility index (Phi) is 4.30. The van der Waals surface area contributed by atoms with Gasteiger partial charge < -0.3 is 9.64 Å². The molecule has 2 aliphatic rings. The molecule has 0 atom stereocenters. The number of hydrogen-bond donors (Lipinski definition) is 0. The van der Waals surface area contributed by atoms with Gasteiger partial charge in [0.15, 0.2) is 5.84 Å². The number of rotatable bonds is 3. The SMILES string of the molecule is O=S1(=O)CCN2C=CC=C(c3ccc(Oc4ccc(Cl)cc4)cc3)C2=N1. The van der Waals surface area contributed by atoms with Gasteiger partial charge in [-0.1, -0.05) is 23.7 Å². The molecule has 0 aliphatic carbocycles. The largest absolute Gasteiger partial charge is 0.457 e. The molecule has 2 aromatic carbocycles. The molecule has 7 heteroatoms. The zero-order chi connectivity index (χ0) is 18.1. The lowest BCUT2D eigenvalue weighted by molar-refractivity contribution is 0.482. The first-order chi connectivity index (χ1) is 12.5. The summed E-state index contributed by atoms with van der Waals surface area (Å²) in [5, 5.41) is 0.651. The molecule has 4 rings (SSSR count). The minimum atomic E-state index is -3.41. The highest BCUT2D eigenvalue weighted by Gasteiger charge is 2.27. The molecule has 0 bridgehead atoms. The zero-order valence-corrected chi connectivity index (χ0v) is 15.2. The molecule has 0 saturated carbocycles. The number of nitrogens with zero attached hydrogens (tertiary/aromatic N) is 2. The van der Waals surface area contributed by atoms with E-state index in [1.165, 1.54) is 0 Å². The number of sulfonamides is 1. The Hall–Kier alpha value is -2.57. The van der Waals surface area contributed by atoms with Gasteiger partial charge in [0, 0.05) is 23.3 Å². The first-order valence-corrected chi connectivity index (χ1v) is 10.0. The van der Waals surface area contributed by atoms with E-state index in [4.69, 9.17) is 16.3 Å². The van der Waals surface area contributed by atoms with E-state index in [1.54, 1.807) is 24.3 Å². The van der Waals surface area contributed by atoms with Crippen LogP contribution in [0.1, 0.15) is 5.56 Å². The monoisotopic (exact) mass is 386 g/mol. The molecule has 2 aliphatic heterocycles. The molecule has 2 aromatic rings. The average molecular weight is 387 g/mol. The molecule has 0 unspecified atom stereocenters. The minimum absolute atomic E-state index is 0.0298. The summed E-state index contributed by atoms with van der Waals surface area (Å²) in [6, 6.07) is 14.6. The summed E-state index contributed by atoms with van der Waals surface area (Å²) in [5.41, 5.74) is 1.65. The Morgan fingerprint density at radius 3 is 2.35 bits per heavy atom. The van der Waals surface area contributed by atoms with Crippen molar-refractivity contribution in [3.05, 3.63) is 77.5 Å². The van der Waals surface area contributed by atoms with Crippen molar-refractivity contribution in [2.45, 2.75) is 0 Å². The lowest BCUT2D eigenvalue weighted by Gasteiger charge is -2.29. The van der Waals surface area contributed by atoms with Gasteiger partial charge in [0.1, 0.15) is 11.5 Å². The molecule has 132 valence electrons. The fraction of sp³-hybridized carbons (Fsp3) is 0.105. The minimum Gasteiger partial charge on any atom is -0.457 e. The molecule has 0 amide bonds. The maximum Gasteiger partial charge on any atom is 0.256 e. The lowest BCUT2D eigenvalue weighted by Crippen LogP contribution is -2.37. The molecular formula is C19H15ClN2O3S. The fourth-order valence-corrected chi connectivity index (χ4v) is 3.89. The molecule has 0 spiro atoms. The van der Waals surface area contributed by atoms with E-state index in [0.717, 1.165) is 11.1 Å². The first kappa shape index (κ1) is 16.9. The highest BCUT2D eigenvalue weighted by molar-refractivity contribution is 7.90. The van der Waals surface area contributed by atoms with Gasteiger partial charge in [0.2, 0.25) is 0 Å². The molecule has 0 saturated heterocycles. The number of amidine groups is 1. The maximum absolute atomic E-state index is 11.9. The molecule has 26 heavy (non-hydrogen) atoms. The predicted octanol–water partition coefficient (Wildman–Crippen LogP) is 4.09. The van der Waals surface area contributed by atoms with Gasteiger partial charge in [0.05, 0.1) is 5.75 Å². The van der Waals surface area contributed by atoms with Gasteiger partial charge >= 0.3 is 0 Å². The Morgan fingerprint density at radius 1 is 1.00 bits per heavy atom. The summed E-state index contributed by atoms with van der Waals surface area (Å²) < 4.78 is 33.5. The van der Waals surface area contributed by atoms with Crippen LogP contribution in [0.15, 0.2) is 71.3 Å². The van der Waals surface area contributed by atoms with Crippen LogP contribution in [0.2, 0.25) is 5.02 Å². The topological polar surface area (TPSA) is 59.0 Å². The zero-order valence-electron chi connectivity index (χ0n) is 13.7. The second-order valence-corrected chi connectivity index (χ2v) is 8.09. The number of halogens is 1. The van der Waals surface area contributed by atoms with Gasteiger partial charge in [0.25, 0.3) is 10.0 Å². The van der Waals surface area contributed by atoms with Crippen LogP contribution in [-0.2, 0) is 10.0 Å². The van der Waals surface area contributed by atoms with Crippen molar-refractivity contribution >= 4 is 33.0 Å². The molecule has 5 nitrogen and oxygen atoms in total. The summed E-state index contributed by atoms with van der Waals surface area (Å²) in [5.74, 6) is 1.86. The number of fused-ring (bicyclic) bond motifs is 1. The third-order valence-corrected chi connectivity index (χ3v) is 5.47. The Morgan fingerprint density at radius 2 is 1.65 bits per heavy atom. The summed E-state index contributed by atoms with van der Waals surface area (Å²) in [6.07, 6.45) is 5.60. The van der Waals surface area contributed by atoms with Crippen LogP contribution in [0, 0.1) is 0 Å². The Balaban J connectivity index is 1.60. The number of hydrogen-bond acceptors (Lipinski definition) is 4. The summed E-state index contributed by atoms with van der Waals surface area (Å²) in [6.45, 7) is 0.409. The van der Waals surface area contributed by atoms with E-state index < -0.39 is 10.0 Å². The van der Waals surface area contributed by atoms with Crippen molar-refractivity contribution in [2.24, 2.45) is 4.40 Å². The third-order valence-electron chi connectivity index (χ3n) is 4.07. The van der Waals surface area contributed by atoms with Gasteiger partial charge in [-0.2, -0.15) is 0 Å². The summed E-state index contributed by atoms with van der Waals surface area (Å²) in [4.78, 5) is 1.86. The van der Waals surface area contributed by atoms with E-state index in [0.29, 0.717) is 28.9 Å². The lowest BCUT2D eigenvalue weighted by atomic mass is 10.0. The number of ether oxygens (including phenoxy) is 1. The van der Waals surface area contributed by atoms with Gasteiger partial charge in [-0.25, -0.2) is 8.42 Å². The third kappa shape index (κ3) is 3.52. The molecule has 0 radical (unpaired) electrons. The highest BCUT2D eigenvalue weighted by atomic mass is 35.5. The van der Waals surface area contributed by atoms with E-state index >= 15 is 0 Å². The summed E-state index contributed by atoms with van der Waals surface area (Å²) in [7, 11) is -3.41. The van der Waals surface area contributed by atoms with Crippen molar-refractivity contribution < 1.29 is 13.2 Å². The molecular weight excluding hydrogens is 372 g/mol. The molecule has 2 heterocycles. The smallest absolute Gasteiger partial charge is 0.256 e. The van der Waals surface area contributed by atoms with Crippen LogP contribution in [0.3, 0.4) is 0 Å². The Bertz CT molecular complexity index is 1020. The van der Waals surface area contributed by atoms with Crippen molar-refractivity contribution in [1.29, 1.82) is 0 Å². The second kappa shape index (κ2) is 6.63. The van der Waals surface area contributed by atoms with E-state index in [9.17, 15) is 8.42 Å². The van der Waals surface area contributed by atoms with Crippen molar-refractivity contribution in [1.82, 2.24) is 4.90 Å². The van der Waals surface area contributed by atoms with Gasteiger partial charge in [-0.05, 0) is 54.1 Å². The van der Waals surface area contributed by atoms with Crippen LogP contribution in [-0.4, -0.2) is 31.5 Å². The standard InChI is InChI=1S/C19H15ClN2O3S/c20-15-5-9-17(10-6-15)25-16-7-3-14(4-8-16)18-2-1-11-22-12-13-26(23,24)21-19(18)22/h1-11H,12-13H2. The Labute approximate surface area is 156 Å². The molecule has 0 aromatic heterocycles. The van der Waals surface area contributed by atoms with Crippen LogP contribution < -0.4 is 4.74 Å². The van der Waals surface area contributed by atoms with Gasteiger partial charge in [-0.15, -0.1) is 4.40 Å². The van der Waals surface area contributed by atoms with Crippen molar-refractivity contribution in [2.75, 3.05) is 12.3 Å². The highest BCUT2D eigenvalue weighted by Crippen LogP contribution is 2.28. The average Bonchev–Trinajstić information content (AvgIpc) is 2.63. The molecule has 0 N–H and O–H groups in total. The summed E-state index contributed by atoms with van der Waals surface area (Å²) >= 11 is 5.87. The van der Waals surface area contributed by atoms with E-state index in [2.05, 4.69) is 4.40 Å². The predicted molar refractivity (Wildman–Crippen MR) is 103 cm³/mol. The quantitative estimate of drug-likeness (QED) is 0.797. The van der Waals surface area contributed by atoms with Crippen LogP contribution in [0.4, 0.5) is 0 Å². The molecule has 0 fully saturated rings. The van der Waals surface area contributed by atoms with Crippen molar-refractivity contribution in [3.63, 3.8) is 0 Å². The number of allylic oxidation sites excluding steroid dienone is 2. The van der Waals surface area contributed by atoms with Crippen LogP contribution in [0.25, 0.3) is 5.57 Å².